The van der Waals surface area contributed by atoms with Crippen LogP contribution < -0.4 is 0 Å². The number of aliphatic hydroxyl groups is 6. The van der Waals surface area contributed by atoms with E-state index in [1.807, 2.05) is 0 Å². The Morgan fingerprint density at radius 1 is 0.875 bits per heavy atom. The molecule has 138 valence electrons. The smallest absolute Gasteiger partial charge is 0.198 e. The zero-order valence-corrected chi connectivity index (χ0v) is 13.6. The highest BCUT2D eigenvalue weighted by Crippen LogP contribution is 2.20. The summed E-state index contributed by atoms with van der Waals surface area (Å²) < 4.78 is 10.3. The van der Waals surface area contributed by atoms with Gasteiger partial charge in [0.15, 0.2) is 12.6 Å². The van der Waals surface area contributed by atoms with E-state index < -0.39 is 50.2 Å². The molecule has 0 fully saturated rings. The lowest BCUT2D eigenvalue weighted by molar-refractivity contribution is -0.171. The van der Waals surface area contributed by atoms with Crippen molar-refractivity contribution in [3.8, 4) is 0 Å². The molecule has 9 heteroatoms. The fraction of sp³-hybridized carbons (Fsp3) is 0.667. The molecular formula is C15H25NO8. The molecule has 0 aliphatic rings. The predicted octanol–water partition coefficient (Wildman–Crippen LogP) is -1.42. The molecular weight excluding hydrogens is 322 g/mol. The first-order valence-electron chi connectivity index (χ1n) is 7.50. The largest absolute Gasteiger partial charge is 0.394 e. The average Bonchev–Trinajstić information content (AvgIpc) is 2.59. The maximum atomic E-state index is 9.91. The molecule has 1 aromatic rings. The molecule has 6 unspecified atom stereocenters. The second-order valence-corrected chi connectivity index (χ2v) is 5.40. The van der Waals surface area contributed by atoms with Crippen molar-refractivity contribution in [1.29, 1.82) is 0 Å². The van der Waals surface area contributed by atoms with Crippen molar-refractivity contribution in [3.63, 3.8) is 0 Å². The normalized spacial score (nSPS) is 19.3. The van der Waals surface area contributed by atoms with E-state index in [0.29, 0.717) is 0 Å². The molecule has 0 aliphatic carbocycles. The monoisotopic (exact) mass is 347 g/mol. The summed E-state index contributed by atoms with van der Waals surface area (Å²) in [5.74, 6) is 0. The van der Waals surface area contributed by atoms with E-state index in [9.17, 15) is 20.4 Å². The van der Waals surface area contributed by atoms with Crippen molar-refractivity contribution in [2.45, 2.75) is 50.8 Å². The van der Waals surface area contributed by atoms with Crippen molar-refractivity contribution >= 4 is 0 Å². The molecule has 9 nitrogen and oxygen atoms in total. The molecule has 0 saturated heterocycles. The van der Waals surface area contributed by atoms with E-state index in [1.54, 1.807) is 0 Å². The summed E-state index contributed by atoms with van der Waals surface area (Å²) in [7, 11) is 0. The summed E-state index contributed by atoms with van der Waals surface area (Å²) in [6.07, 6.45) is -5.37. The molecule has 1 aromatic heterocycles. The molecule has 0 bridgehead atoms. The van der Waals surface area contributed by atoms with E-state index in [2.05, 4.69) is 4.98 Å². The highest BCUT2D eigenvalue weighted by molar-refractivity contribution is 5.15. The van der Waals surface area contributed by atoms with Gasteiger partial charge in [-0.15, -0.1) is 0 Å². The number of nitrogens with zero attached hydrogens (tertiary/aromatic N) is 1. The Labute approximate surface area is 139 Å². The summed E-state index contributed by atoms with van der Waals surface area (Å²) in [5.41, 5.74) is 0.428. The number of ether oxygens (including phenoxy) is 2. The third-order valence-corrected chi connectivity index (χ3v) is 3.49. The first-order valence-corrected chi connectivity index (χ1v) is 7.50. The predicted molar refractivity (Wildman–Crippen MR) is 81.4 cm³/mol. The van der Waals surface area contributed by atoms with Gasteiger partial charge in [0.1, 0.15) is 12.2 Å². The number of rotatable bonds is 10. The van der Waals surface area contributed by atoms with E-state index in [-0.39, 0.29) is 11.3 Å². The van der Waals surface area contributed by atoms with E-state index >= 15 is 0 Å². The van der Waals surface area contributed by atoms with Crippen LogP contribution in [0.1, 0.15) is 37.7 Å². The highest BCUT2D eigenvalue weighted by Gasteiger charge is 2.21. The first-order chi connectivity index (χ1) is 11.3. The van der Waals surface area contributed by atoms with Crippen molar-refractivity contribution < 1.29 is 40.1 Å². The van der Waals surface area contributed by atoms with Gasteiger partial charge in [-0.1, -0.05) is 6.07 Å². The van der Waals surface area contributed by atoms with Gasteiger partial charge in [0, 0.05) is 11.8 Å². The van der Waals surface area contributed by atoms with Gasteiger partial charge in [-0.3, -0.25) is 4.98 Å². The molecule has 0 amide bonds. The van der Waals surface area contributed by atoms with Crippen LogP contribution in [-0.2, 0) is 9.47 Å². The number of aromatic nitrogens is 1. The van der Waals surface area contributed by atoms with E-state index in [1.165, 1.54) is 32.2 Å². The first kappa shape index (κ1) is 20.9. The maximum absolute atomic E-state index is 9.91. The molecule has 0 saturated carbocycles. The van der Waals surface area contributed by atoms with Crippen LogP contribution in [0.3, 0.4) is 0 Å². The van der Waals surface area contributed by atoms with Crippen molar-refractivity contribution in [1.82, 2.24) is 4.98 Å². The number of hydrogen-bond donors (Lipinski definition) is 6. The molecule has 1 heterocycles. The Bertz CT molecular complexity index is 428. The fourth-order valence-corrected chi connectivity index (χ4v) is 1.74. The Balaban J connectivity index is 2.64. The number of hydrogen-bond acceptors (Lipinski definition) is 9. The Kier molecular flexibility index (Phi) is 8.67. The SMILES string of the molecule is CC(OC(O)c1ccc(C(O)OC(C)C(O)CO)nc1)C(O)CO. The van der Waals surface area contributed by atoms with Crippen LogP contribution in [0, 0.1) is 0 Å². The lowest BCUT2D eigenvalue weighted by atomic mass is 10.2. The molecule has 1 rings (SSSR count). The zero-order chi connectivity index (χ0) is 18.3. The van der Waals surface area contributed by atoms with Gasteiger partial charge in [-0.2, -0.15) is 0 Å². The van der Waals surface area contributed by atoms with Crippen LogP contribution in [0.5, 0.6) is 0 Å². The summed E-state index contributed by atoms with van der Waals surface area (Å²) in [6.45, 7) is 2.00. The second kappa shape index (κ2) is 9.97. The van der Waals surface area contributed by atoms with Gasteiger partial charge in [-0.05, 0) is 19.9 Å². The summed E-state index contributed by atoms with van der Waals surface area (Å²) in [5, 5.41) is 56.2. The van der Waals surface area contributed by atoms with Crippen LogP contribution in [0.4, 0.5) is 0 Å². The summed E-state index contributed by atoms with van der Waals surface area (Å²) >= 11 is 0. The molecule has 6 N–H and O–H groups in total. The minimum Gasteiger partial charge on any atom is -0.394 e. The maximum Gasteiger partial charge on any atom is 0.198 e. The minimum atomic E-state index is -1.41. The van der Waals surface area contributed by atoms with Crippen molar-refractivity contribution in [2.24, 2.45) is 0 Å². The molecule has 0 spiro atoms. The minimum absolute atomic E-state index is 0.145. The number of aliphatic hydroxyl groups excluding tert-OH is 6. The lowest BCUT2D eigenvalue weighted by Crippen LogP contribution is -2.31. The van der Waals surface area contributed by atoms with Gasteiger partial charge in [0.2, 0.25) is 0 Å². The third-order valence-electron chi connectivity index (χ3n) is 3.49. The highest BCUT2D eigenvalue weighted by atomic mass is 16.6. The Morgan fingerprint density at radius 2 is 1.38 bits per heavy atom. The molecule has 0 radical (unpaired) electrons. The Morgan fingerprint density at radius 3 is 1.79 bits per heavy atom. The van der Waals surface area contributed by atoms with Crippen LogP contribution >= 0.6 is 0 Å². The molecule has 0 aliphatic heterocycles. The van der Waals surface area contributed by atoms with E-state index in [0.717, 1.165) is 0 Å². The standard InChI is InChI=1S/C15H25NO8/c1-8(12(19)6-17)23-14(21)10-3-4-11(16-5-10)15(22)24-9(2)13(20)7-18/h3-5,8-9,12-15,17-22H,6-7H2,1-2H3. The van der Waals surface area contributed by atoms with Crippen LogP contribution in [0.25, 0.3) is 0 Å². The van der Waals surface area contributed by atoms with Gasteiger partial charge >= 0.3 is 0 Å². The zero-order valence-electron chi connectivity index (χ0n) is 13.6. The quantitative estimate of drug-likeness (QED) is 0.280. The molecule has 6 atom stereocenters. The van der Waals surface area contributed by atoms with Crippen molar-refractivity contribution in [3.05, 3.63) is 29.6 Å². The van der Waals surface area contributed by atoms with Crippen LogP contribution in [0.15, 0.2) is 18.3 Å². The van der Waals surface area contributed by atoms with Gasteiger partial charge in [0.25, 0.3) is 0 Å². The van der Waals surface area contributed by atoms with Crippen LogP contribution in [-0.4, -0.2) is 73.3 Å². The molecule has 24 heavy (non-hydrogen) atoms. The third kappa shape index (κ3) is 6.04. The average molecular weight is 347 g/mol. The lowest BCUT2D eigenvalue weighted by Gasteiger charge is -2.22. The molecule has 0 aromatic carbocycles. The topological polar surface area (TPSA) is 153 Å². The van der Waals surface area contributed by atoms with Gasteiger partial charge in [0.05, 0.1) is 31.1 Å². The second-order valence-electron chi connectivity index (χ2n) is 5.40. The Hall–Kier alpha value is -1.17. The van der Waals surface area contributed by atoms with Gasteiger partial charge in [-0.25, -0.2) is 0 Å². The van der Waals surface area contributed by atoms with E-state index in [4.69, 9.17) is 19.7 Å². The number of pyridine rings is 1. The summed E-state index contributed by atoms with van der Waals surface area (Å²) in [4.78, 5) is 3.94. The summed E-state index contributed by atoms with van der Waals surface area (Å²) in [6, 6.07) is 2.85. The van der Waals surface area contributed by atoms with Gasteiger partial charge < -0.3 is 40.1 Å². The van der Waals surface area contributed by atoms with Crippen molar-refractivity contribution in [2.75, 3.05) is 13.2 Å². The van der Waals surface area contributed by atoms with Crippen LogP contribution in [0.2, 0.25) is 0 Å². The fourth-order valence-electron chi connectivity index (χ4n) is 1.74.